The van der Waals surface area contributed by atoms with Crippen LogP contribution in [0.25, 0.3) is 0 Å². The van der Waals surface area contributed by atoms with Gasteiger partial charge in [0.05, 0.1) is 19.2 Å². The van der Waals surface area contributed by atoms with E-state index in [1.54, 1.807) is 7.11 Å². The highest BCUT2D eigenvalue weighted by Crippen LogP contribution is 2.42. The van der Waals surface area contributed by atoms with Gasteiger partial charge in [0.15, 0.2) is 0 Å². The first-order chi connectivity index (χ1) is 8.62. The van der Waals surface area contributed by atoms with Gasteiger partial charge in [-0.2, -0.15) is 0 Å². The summed E-state index contributed by atoms with van der Waals surface area (Å²) in [6.07, 6.45) is 4.79. The van der Waals surface area contributed by atoms with Crippen LogP contribution in [-0.4, -0.2) is 13.0 Å². The molecule has 0 aromatic heterocycles. The molecule has 4 nitrogen and oxygen atoms in total. The van der Waals surface area contributed by atoms with Gasteiger partial charge >= 0.3 is 0 Å². The van der Waals surface area contributed by atoms with E-state index in [0.717, 1.165) is 35.4 Å². The van der Waals surface area contributed by atoms with Gasteiger partial charge in [0.1, 0.15) is 5.75 Å². The summed E-state index contributed by atoms with van der Waals surface area (Å²) in [5.41, 5.74) is 9.15. The smallest absolute Gasteiger partial charge is 0.228 e. The maximum Gasteiger partial charge on any atom is 0.228 e. The van der Waals surface area contributed by atoms with Crippen LogP contribution in [-0.2, 0) is 16.8 Å². The molecule has 18 heavy (non-hydrogen) atoms. The second-order valence-electron chi connectivity index (χ2n) is 5.30. The van der Waals surface area contributed by atoms with Crippen LogP contribution in [0.5, 0.6) is 5.75 Å². The molecule has 4 heteroatoms. The number of nitrogens with one attached hydrogen (secondary N) is 1. The van der Waals surface area contributed by atoms with E-state index in [0.29, 0.717) is 6.42 Å². The van der Waals surface area contributed by atoms with Crippen molar-refractivity contribution in [2.75, 3.05) is 12.4 Å². The van der Waals surface area contributed by atoms with Crippen molar-refractivity contribution in [1.29, 1.82) is 0 Å². The number of benzene rings is 1. The summed E-state index contributed by atoms with van der Waals surface area (Å²) in [6.45, 7) is 0. The van der Waals surface area contributed by atoms with Crippen LogP contribution < -0.4 is 15.8 Å². The predicted molar refractivity (Wildman–Crippen MR) is 69.7 cm³/mol. The number of carbonyl (C=O) groups excluding carboxylic acids is 1. The van der Waals surface area contributed by atoms with Crippen molar-refractivity contribution in [3.63, 3.8) is 0 Å². The average molecular weight is 246 g/mol. The van der Waals surface area contributed by atoms with Crippen molar-refractivity contribution in [2.24, 2.45) is 5.73 Å². The summed E-state index contributed by atoms with van der Waals surface area (Å²) in [7, 11) is 1.63. The fraction of sp³-hybridized carbons (Fsp3) is 0.500. The third-order valence-corrected chi connectivity index (χ3v) is 4.09. The van der Waals surface area contributed by atoms with E-state index in [4.69, 9.17) is 10.5 Å². The van der Waals surface area contributed by atoms with Crippen molar-refractivity contribution < 1.29 is 9.53 Å². The van der Waals surface area contributed by atoms with Crippen LogP contribution in [0.15, 0.2) is 12.1 Å². The van der Waals surface area contributed by atoms with Gasteiger partial charge in [0.2, 0.25) is 5.91 Å². The van der Waals surface area contributed by atoms with Crippen molar-refractivity contribution in [3.05, 3.63) is 23.3 Å². The highest BCUT2D eigenvalue weighted by atomic mass is 16.5. The molecule has 0 bridgehead atoms. The van der Waals surface area contributed by atoms with Crippen LogP contribution in [0.3, 0.4) is 0 Å². The summed E-state index contributed by atoms with van der Waals surface area (Å²) in [5, 5.41) is 2.84. The van der Waals surface area contributed by atoms with Gasteiger partial charge in [-0.3, -0.25) is 4.79 Å². The molecule has 96 valence electrons. The first-order valence-corrected chi connectivity index (χ1v) is 6.42. The lowest BCUT2D eigenvalue weighted by atomic mass is 9.87. The number of hydrogen-bond donors (Lipinski definition) is 2. The number of amides is 1. The summed E-state index contributed by atoms with van der Waals surface area (Å²) < 4.78 is 5.38. The molecule has 1 aromatic rings. The molecule has 1 saturated carbocycles. The minimum Gasteiger partial charge on any atom is -0.495 e. The lowest BCUT2D eigenvalue weighted by molar-refractivity contribution is -0.115. The molecule has 1 aromatic carbocycles. The highest BCUT2D eigenvalue weighted by molar-refractivity contribution is 6.01. The molecule has 2 aliphatic rings. The number of carbonyl (C=O) groups is 1. The fourth-order valence-electron chi connectivity index (χ4n) is 3.05. The van der Waals surface area contributed by atoms with E-state index in [-0.39, 0.29) is 11.4 Å². The molecule has 0 radical (unpaired) electrons. The normalized spacial score (nSPS) is 20.7. The third-order valence-electron chi connectivity index (χ3n) is 4.09. The number of nitrogens with two attached hydrogens (primary N) is 1. The zero-order valence-electron chi connectivity index (χ0n) is 10.6. The van der Waals surface area contributed by atoms with Crippen LogP contribution in [0, 0.1) is 0 Å². The van der Waals surface area contributed by atoms with Gasteiger partial charge in [0.25, 0.3) is 0 Å². The van der Waals surface area contributed by atoms with E-state index in [9.17, 15) is 4.79 Å². The van der Waals surface area contributed by atoms with Crippen LogP contribution in [0.4, 0.5) is 5.69 Å². The van der Waals surface area contributed by atoms with Gasteiger partial charge in [0, 0.05) is 5.54 Å². The summed E-state index contributed by atoms with van der Waals surface area (Å²) >= 11 is 0. The summed E-state index contributed by atoms with van der Waals surface area (Å²) in [5.74, 6) is 0.753. The van der Waals surface area contributed by atoms with Gasteiger partial charge in [-0.25, -0.2) is 0 Å². The molecule has 3 N–H and O–H groups in total. The van der Waals surface area contributed by atoms with Crippen molar-refractivity contribution in [3.8, 4) is 5.75 Å². The molecular formula is C14H18N2O2. The van der Waals surface area contributed by atoms with Gasteiger partial charge in [-0.05, 0) is 30.0 Å². The molecule has 0 atom stereocenters. The highest BCUT2D eigenvalue weighted by Gasteiger charge is 2.33. The van der Waals surface area contributed by atoms with Crippen LogP contribution in [0.1, 0.15) is 36.8 Å². The topological polar surface area (TPSA) is 64.3 Å². The van der Waals surface area contributed by atoms with Gasteiger partial charge in [-0.1, -0.05) is 18.9 Å². The van der Waals surface area contributed by atoms with E-state index >= 15 is 0 Å². The molecule has 3 rings (SSSR count). The monoisotopic (exact) mass is 246 g/mol. The number of anilines is 1. The zero-order chi connectivity index (χ0) is 12.8. The second kappa shape index (κ2) is 3.99. The molecule has 0 unspecified atom stereocenters. The lowest BCUT2D eigenvalue weighted by Gasteiger charge is -2.25. The first kappa shape index (κ1) is 11.5. The lowest BCUT2D eigenvalue weighted by Crippen LogP contribution is -2.33. The standard InChI is InChI=1S/C14H18N2O2/c1-18-11-8-10(14(15)4-2-3-5-14)6-9-7-12(17)16-13(9)11/h6,8H,2-5,7,15H2,1H3,(H,16,17). The quantitative estimate of drug-likeness (QED) is 0.838. The Morgan fingerprint density at radius 1 is 1.33 bits per heavy atom. The number of hydrogen-bond acceptors (Lipinski definition) is 3. The minimum absolute atomic E-state index is 0.0259. The fourth-order valence-corrected chi connectivity index (χ4v) is 3.05. The Bertz CT molecular complexity index is 505. The van der Waals surface area contributed by atoms with E-state index in [1.807, 2.05) is 6.07 Å². The Hall–Kier alpha value is -1.55. The Kier molecular flexibility index (Phi) is 2.55. The second-order valence-corrected chi connectivity index (χ2v) is 5.30. The van der Waals surface area contributed by atoms with Crippen molar-refractivity contribution in [2.45, 2.75) is 37.6 Å². The van der Waals surface area contributed by atoms with Crippen LogP contribution in [0.2, 0.25) is 0 Å². The minimum atomic E-state index is -0.242. The molecule has 1 heterocycles. The van der Waals surface area contributed by atoms with E-state index < -0.39 is 0 Å². The SMILES string of the molecule is COc1cc(C2(N)CCCC2)cc2c1NC(=O)C2. The van der Waals surface area contributed by atoms with Crippen molar-refractivity contribution >= 4 is 11.6 Å². The molecule has 1 fully saturated rings. The molecule has 0 spiro atoms. The number of rotatable bonds is 2. The van der Waals surface area contributed by atoms with Crippen LogP contribution >= 0.6 is 0 Å². The first-order valence-electron chi connectivity index (χ1n) is 6.42. The number of ether oxygens (including phenoxy) is 1. The Morgan fingerprint density at radius 3 is 2.72 bits per heavy atom. The number of fused-ring (bicyclic) bond motifs is 1. The molecule has 0 saturated heterocycles. The van der Waals surface area contributed by atoms with E-state index in [2.05, 4.69) is 11.4 Å². The molecule has 1 amide bonds. The molecule has 1 aliphatic carbocycles. The molecular weight excluding hydrogens is 228 g/mol. The maximum absolute atomic E-state index is 11.5. The largest absolute Gasteiger partial charge is 0.495 e. The van der Waals surface area contributed by atoms with E-state index in [1.165, 1.54) is 12.8 Å². The van der Waals surface area contributed by atoms with Crippen molar-refractivity contribution in [1.82, 2.24) is 0 Å². The summed E-state index contributed by atoms with van der Waals surface area (Å²) in [4.78, 5) is 11.5. The van der Waals surface area contributed by atoms with Gasteiger partial charge in [-0.15, -0.1) is 0 Å². The predicted octanol–water partition coefficient (Wildman–Crippen LogP) is 1.92. The Labute approximate surface area is 107 Å². The Morgan fingerprint density at radius 2 is 2.06 bits per heavy atom. The zero-order valence-corrected chi connectivity index (χ0v) is 10.6. The average Bonchev–Trinajstić information content (AvgIpc) is 2.93. The van der Waals surface area contributed by atoms with Gasteiger partial charge < -0.3 is 15.8 Å². The molecule has 1 aliphatic heterocycles. The summed E-state index contributed by atoms with van der Waals surface area (Å²) in [6, 6.07) is 4.05. The number of methoxy groups -OCH3 is 1. The maximum atomic E-state index is 11.5. The Balaban J connectivity index is 2.08. The third kappa shape index (κ3) is 1.68.